The first-order valence-electron chi connectivity index (χ1n) is 7.21. The van der Waals surface area contributed by atoms with Crippen LogP contribution in [0.1, 0.15) is 30.9 Å². The second kappa shape index (κ2) is 6.12. The molecule has 3 nitrogen and oxygen atoms in total. The fourth-order valence-electron chi connectivity index (χ4n) is 3.08. The van der Waals surface area contributed by atoms with Gasteiger partial charge in [-0.3, -0.25) is 4.90 Å². The van der Waals surface area contributed by atoms with Crippen LogP contribution in [0.5, 0.6) is 5.75 Å². The molecule has 1 N–H and O–H groups in total. The number of nitrogens with zero attached hydrogens (tertiary/aromatic N) is 1. The highest BCUT2D eigenvalue weighted by atomic mass is 35.5. The van der Waals surface area contributed by atoms with Crippen LogP contribution in [0.4, 0.5) is 0 Å². The third-order valence-electron chi connectivity index (χ3n) is 4.03. The van der Waals surface area contributed by atoms with Crippen LogP contribution >= 0.6 is 11.6 Å². The van der Waals surface area contributed by atoms with Gasteiger partial charge in [-0.25, -0.2) is 0 Å². The van der Waals surface area contributed by atoms with Gasteiger partial charge in [0, 0.05) is 36.3 Å². The summed E-state index contributed by atoms with van der Waals surface area (Å²) in [6.07, 6.45) is 3.49. The van der Waals surface area contributed by atoms with Crippen LogP contribution < -0.4 is 10.1 Å². The fraction of sp³-hybridized carbons (Fsp3) is 0.600. The van der Waals surface area contributed by atoms with E-state index in [9.17, 15) is 0 Å². The van der Waals surface area contributed by atoms with Gasteiger partial charge in [0.1, 0.15) is 5.75 Å². The van der Waals surface area contributed by atoms with E-state index in [4.69, 9.17) is 16.3 Å². The lowest BCUT2D eigenvalue weighted by atomic mass is 10.00. The fourth-order valence-corrected chi connectivity index (χ4v) is 3.26. The molecule has 104 valence electrons. The number of nitrogens with one attached hydrogen (secondary N) is 1. The van der Waals surface area contributed by atoms with Crippen LogP contribution in [0.3, 0.4) is 0 Å². The average Bonchev–Trinajstić information content (AvgIpc) is 2.78. The molecular formula is C15H21ClN2O. The topological polar surface area (TPSA) is 24.5 Å². The normalized spacial score (nSPS) is 25.0. The summed E-state index contributed by atoms with van der Waals surface area (Å²) in [7, 11) is 0. The van der Waals surface area contributed by atoms with Crippen LogP contribution in [0, 0.1) is 0 Å². The zero-order valence-corrected chi connectivity index (χ0v) is 12.0. The highest BCUT2D eigenvalue weighted by molar-refractivity contribution is 6.30. The van der Waals surface area contributed by atoms with E-state index in [1.54, 1.807) is 0 Å². The second-order valence-electron chi connectivity index (χ2n) is 5.33. The highest BCUT2D eigenvalue weighted by Crippen LogP contribution is 2.37. The van der Waals surface area contributed by atoms with E-state index in [1.807, 2.05) is 12.1 Å². The predicted octanol–water partition coefficient (Wildman–Crippen LogP) is 2.85. The molecule has 0 aliphatic carbocycles. The van der Waals surface area contributed by atoms with Crippen molar-refractivity contribution in [2.75, 3.05) is 32.8 Å². The van der Waals surface area contributed by atoms with Crippen molar-refractivity contribution in [1.29, 1.82) is 0 Å². The van der Waals surface area contributed by atoms with Crippen molar-refractivity contribution in [1.82, 2.24) is 10.2 Å². The summed E-state index contributed by atoms with van der Waals surface area (Å²) in [5.74, 6) is 1.02. The Bertz CT molecular complexity index is 430. The molecule has 1 aromatic rings. The summed E-state index contributed by atoms with van der Waals surface area (Å²) in [5.41, 5.74) is 1.27. The molecule has 1 fully saturated rings. The van der Waals surface area contributed by atoms with E-state index in [2.05, 4.69) is 16.3 Å². The van der Waals surface area contributed by atoms with Crippen molar-refractivity contribution < 1.29 is 4.74 Å². The summed E-state index contributed by atoms with van der Waals surface area (Å²) in [6.45, 7) is 5.28. The minimum Gasteiger partial charge on any atom is -0.493 e. The largest absolute Gasteiger partial charge is 0.493 e. The van der Waals surface area contributed by atoms with Gasteiger partial charge in [-0.1, -0.05) is 11.6 Å². The first-order valence-corrected chi connectivity index (χ1v) is 7.59. The molecule has 0 radical (unpaired) electrons. The van der Waals surface area contributed by atoms with Crippen LogP contribution in [0.15, 0.2) is 18.2 Å². The third kappa shape index (κ3) is 3.04. The average molecular weight is 281 g/mol. The number of fused-ring (bicyclic) bond motifs is 1. The van der Waals surface area contributed by atoms with Crippen LogP contribution in [-0.4, -0.2) is 37.7 Å². The Balaban J connectivity index is 1.89. The minimum atomic E-state index is 0.455. The number of benzene rings is 1. The number of hydrogen-bond donors (Lipinski definition) is 1. The number of rotatable bonds is 1. The SMILES string of the molecule is Clc1ccc2c(c1)C(N1CCCNCC1)CCCO2. The maximum absolute atomic E-state index is 6.18. The van der Waals surface area contributed by atoms with Gasteiger partial charge >= 0.3 is 0 Å². The Kier molecular flexibility index (Phi) is 4.26. The molecule has 19 heavy (non-hydrogen) atoms. The van der Waals surface area contributed by atoms with Gasteiger partial charge in [0.05, 0.1) is 6.61 Å². The first kappa shape index (κ1) is 13.2. The predicted molar refractivity (Wildman–Crippen MR) is 78.0 cm³/mol. The molecule has 0 spiro atoms. The molecule has 2 heterocycles. The summed E-state index contributed by atoms with van der Waals surface area (Å²) in [4.78, 5) is 2.59. The first-order chi connectivity index (χ1) is 9.34. The third-order valence-corrected chi connectivity index (χ3v) is 4.26. The van der Waals surface area contributed by atoms with Crippen molar-refractivity contribution in [3.63, 3.8) is 0 Å². The lowest BCUT2D eigenvalue weighted by Gasteiger charge is -2.30. The highest BCUT2D eigenvalue weighted by Gasteiger charge is 2.26. The Labute approximate surface area is 119 Å². The quantitative estimate of drug-likeness (QED) is 0.856. The Morgan fingerprint density at radius 2 is 2.16 bits per heavy atom. The Morgan fingerprint density at radius 1 is 1.21 bits per heavy atom. The summed E-state index contributed by atoms with van der Waals surface area (Å²) < 4.78 is 5.85. The van der Waals surface area contributed by atoms with Crippen molar-refractivity contribution in [2.24, 2.45) is 0 Å². The molecule has 0 aromatic heterocycles. The van der Waals surface area contributed by atoms with E-state index in [-0.39, 0.29) is 0 Å². The van der Waals surface area contributed by atoms with Crippen molar-refractivity contribution in [2.45, 2.75) is 25.3 Å². The van der Waals surface area contributed by atoms with Gasteiger partial charge in [0.25, 0.3) is 0 Å². The molecule has 3 rings (SSSR count). The molecule has 0 bridgehead atoms. The molecule has 1 atom stereocenters. The van der Waals surface area contributed by atoms with Crippen LogP contribution in [0.2, 0.25) is 5.02 Å². The zero-order chi connectivity index (χ0) is 13.1. The Hall–Kier alpha value is -0.770. The molecule has 1 unspecified atom stereocenters. The molecule has 4 heteroatoms. The minimum absolute atomic E-state index is 0.455. The standard InChI is InChI=1S/C15H21ClN2O/c16-12-4-5-15-13(11-12)14(3-1-10-19-15)18-8-2-6-17-7-9-18/h4-5,11,14,17H,1-3,6-10H2. The summed E-state index contributed by atoms with van der Waals surface area (Å²) in [5, 5.41) is 4.28. The smallest absolute Gasteiger partial charge is 0.124 e. The maximum atomic E-state index is 6.18. The van der Waals surface area contributed by atoms with Crippen molar-refractivity contribution in [3.8, 4) is 5.75 Å². The zero-order valence-electron chi connectivity index (χ0n) is 11.2. The van der Waals surface area contributed by atoms with Crippen LogP contribution in [0.25, 0.3) is 0 Å². The molecule has 2 aliphatic heterocycles. The van der Waals surface area contributed by atoms with Crippen molar-refractivity contribution >= 4 is 11.6 Å². The number of ether oxygens (including phenoxy) is 1. The van der Waals surface area contributed by atoms with Gasteiger partial charge < -0.3 is 10.1 Å². The molecule has 2 aliphatic rings. The molecule has 0 amide bonds. The summed E-state index contributed by atoms with van der Waals surface area (Å²) >= 11 is 6.18. The maximum Gasteiger partial charge on any atom is 0.124 e. The Morgan fingerprint density at radius 3 is 3.11 bits per heavy atom. The molecular weight excluding hydrogens is 260 g/mol. The summed E-state index contributed by atoms with van der Waals surface area (Å²) in [6, 6.07) is 6.49. The number of halogens is 1. The van der Waals surface area contributed by atoms with Gasteiger partial charge in [-0.15, -0.1) is 0 Å². The van der Waals surface area contributed by atoms with E-state index in [0.717, 1.165) is 56.4 Å². The van der Waals surface area contributed by atoms with Gasteiger partial charge in [-0.2, -0.15) is 0 Å². The van der Waals surface area contributed by atoms with Gasteiger partial charge in [0.2, 0.25) is 0 Å². The van der Waals surface area contributed by atoms with Gasteiger partial charge in [-0.05, 0) is 44.0 Å². The van der Waals surface area contributed by atoms with Gasteiger partial charge in [0.15, 0.2) is 0 Å². The lowest BCUT2D eigenvalue weighted by molar-refractivity contribution is 0.199. The molecule has 1 saturated heterocycles. The van der Waals surface area contributed by atoms with E-state index < -0.39 is 0 Å². The second-order valence-corrected chi connectivity index (χ2v) is 5.76. The number of hydrogen-bond acceptors (Lipinski definition) is 3. The van der Waals surface area contributed by atoms with Crippen molar-refractivity contribution in [3.05, 3.63) is 28.8 Å². The lowest BCUT2D eigenvalue weighted by Crippen LogP contribution is -2.32. The molecule has 0 saturated carbocycles. The monoisotopic (exact) mass is 280 g/mol. The van der Waals surface area contributed by atoms with E-state index in [0.29, 0.717) is 6.04 Å². The van der Waals surface area contributed by atoms with Crippen LogP contribution in [-0.2, 0) is 0 Å². The van der Waals surface area contributed by atoms with E-state index in [1.165, 1.54) is 12.0 Å². The van der Waals surface area contributed by atoms with E-state index >= 15 is 0 Å². The molecule has 1 aromatic carbocycles.